The van der Waals surface area contributed by atoms with E-state index in [9.17, 15) is 37.6 Å². The van der Waals surface area contributed by atoms with E-state index in [1.807, 2.05) is 24.3 Å². The molecule has 2 aliphatic heterocycles. The summed E-state index contributed by atoms with van der Waals surface area (Å²) >= 11 is 5.64. The highest BCUT2D eigenvalue weighted by Crippen LogP contribution is 2.40. The zero-order valence-corrected chi connectivity index (χ0v) is 38.7. The standard InChI is InChI=1S/C48H58F3N7O7S/c1-30(53-5)42(59)54-31(2)44(61)56-22-11-15-39(56)43(60)55-41-37-14-8-7-13-32(37)27-40(41)65-26-12-24-63-23-9-6-10-25-64-36-20-18-34(19-21-36)58-46(66)57(45(62)47(58,3)4)35-17-16-33(29-52)38(28-35)48(49,50)51/h7-8,13-14,16-21,28,30-31,39-41,53H,6,9-12,15,22-27H2,1-5H3,(H,54,59)(H,55,60)/t30-,31?,39-,40+,41-/m0/s1. The number of hydrogen-bond donors (Lipinski definition) is 3. The van der Waals surface area contributed by atoms with E-state index in [4.69, 9.17) is 26.4 Å². The molecule has 0 spiro atoms. The average molecular weight is 934 g/mol. The first-order valence-corrected chi connectivity index (χ1v) is 22.8. The highest BCUT2D eigenvalue weighted by Gasteiger charge is 2.51. The number of likely N-dealkylation sites (N-methyl/N-ethyl adjacent to an activating group) is 1. The second-order valence-electron chi connectivity index (χ2n) is 17.3. The normalized spacial score (nSPS) is 19.9. The maximum Gasteiger partial charge on any atom is 0.417 e. The molecule has 4 amide bonds. The topological polar surface area (TPSA) is 166 Å². The first-order valence-electron chi connectivity index (χ1n) is 22.4. The third kappa shape index (κ3) is 11.3. The Morgan fingerprint density at radius 3 is 2.35 bits per heavy atom. The van der Waals surface area contributed by atoms with E-state index in [1.54, 1.807) is 74.9 Å². The van der Waals surface area contributed by atoms with Crippen molar-refractivity contribution in [1.82, 2.24) is 20.9 Å². The van der Waals surface area contributed by atoms with Gasteiger partial charge in [-0.2, -0.15) is 18.4 Å². The monoisotopic (exact) mass is 933 g/mol. The van der Waals surface area contributed by atoms with Crippen LogP contribution in [-0.4, -0.2) is 103 Å². The molecule has 3 aromatic rings. The highest BCUT2D eigenvalue weighted by atomic mass is 32.1. The Balaban J connectivity index is 0.891. The first-order chi connectivity index (χ1) is 31.5. The van der Waals surface area contributed by atoms with Crippen molar-refractivity contribution in [3.8, 4) is 11.8 Å². The van der Waals surface area contributed by atoms with E-state index < -0.39 is 46.9 Å². The average Bonchev–Trinajstić information content (AvgIpc) is 3.97. The Morgan fingerprint density at radius 2 is 1.64 bits per heavy atom. The van der Waals surface area contributed by atoms with Crippen LogP contribution in [-0.2, 0) is 41.2 Å². The number of nitrogens with zero attached hydrogens (tertiary/aromatic N) is 4. The van der Waals surface area contributed by atoms with E-state index in [1.165, 1.54) is 6.07 Å². The zero-order valence-electron chi connectivity index (χ0n) is 37.9. The molecule has 0 radical (unpaired) electrons. The van der Waals surface area contributed by atoms with Crippen molar-refractivity contribution in [3.05, 3.63) is 89.0 Å². The second kappa shape index (κ2) is 21.8. The molecular formula is C48H58F3N7O7S. The maximum absolute atomic E-state index is 13.7. The van der Waals surface area contributed by atoms with Crippen molar-refractivity contribution in [3.63, 3.8) is 0 Å². The van der Waals surface area contributed by atoms with E-state index in [-0.39, 0.29) is 40.7 Å². The van der Waals surface area contributed by atoms with Gasteiger partial charge in [0.25, 0.3) is 5.91 Å². The van der Waals surface area contributed by atoms with Gasteiger partial charge >= 0.3 is 6.18 Å². The number of rotatable bonds is 20. The largest absolute Gasteiger partial charge is 0.494 e. The highest BCUT2D eigenvalue weighted by molar-refractivity contribution is 7.81. The molecule has 0 saturated carbocycles. The molecule has 2 fully saturated rings. The van der Waals surface area contributed by atoms with Gasteiger partial charge in [0.05, 0.1) is 47.7 Å². The van der Waals surface area contributed by atoms with Gasteiger partial charge in [0, 0.05) is 38.5 Å². The minimum atomic E-state index is -4.79. The van der Waals surface area contributed by atoms with Crippen molar-refractivity contribution in [2.75, 3.05) is 49.8 Å². The number of likely N-dealkylation sites (tertiary alicyclic amines) is 1. The van der Waals surface area contributed by atoms with Gasteiger partial charge in [-0.25, -0.2) is 0 Å². The van der Waals surface area contributed by atoms with Crippen LogP contribution >= 0.6 is 12.2 Å². The third-order valence-corrected chi connectivity index (χ3v) is 12.7. The summed E-state index contributed by atoms with van der Waals surface area (Å²) in [6, 6.07) is 17.4. The number of nitriles is 1. The number of unbranched alkanes of at least 4 members (excludes halogenated alkanes) is 2. The Kier molecular flexibility index (Phi) is 16.4. The fourth-order valence-electron chi connectivity index (χ4n) is 8.54. The van der Waals surface area contributed by atoms with Crippen LogP contribution in [0.25, 0.3) is 0 Å². The van der Waals surface area contributed by atoms with Gasteiger partial charge in [0.1, 0.15) is 23.4 Å². The lowest BCUT2D eigenvalue weighted by Gasteiger charge is -2.30. The number of amides is 4. The van der Waals surface area contributed by atoms with Crippen LogP contribution in [0.3, 0.4) is 0 Å². The molecule has 1 aliphatic carbocycles. The van der Waals surface area contributed by atoms with Crippen LogP contribution in [0.15, 0.2) is 66.7 Å². The van der Waals surface area contributed by atoms with Gasteiger partial charge in [-0.05, 0) is 139 Å². The van der Waals surface area contributed by atoms with Crippen LogP contribution in [0.1, 0.15) is 94.5 Å². The van der Waals surface area contributed by atoms with Crippen molar-refractivity contribution in [1.29, 1.82) is 5.26 Å². The summed E-state index contributed by atoms with van der Waals surface area (Å²) in [6.45, 7) is 9.09. The summed E-state index contributed by atoms with van der Waals surface area (Å²) in [5.74, 6) is -0.701. The van der Waals surface area contributed by atoms with Crippen LogP contribution in [0.4, 0.5) is 24.5 Å². The smallest absolute Gasteiger partial charge is 0.417 e. The number of anilines is 2. The van der Waals surface area contributed by atoms with Gasteiger partial charge in [-0.3, -0.25) is 24.1 Å². The van der Waals surface area contributed by atoms with Crippen molar-refractivity contribution < 1.29 is 46.6 Å². The molecule has 2 saturated heterocycles. The summed E-state index contributed by atoms with van der Waals surface area (Å²) < 4.78 is 59.3. The Morgan fingerprint density at radius 1 is 0.939 bits per heavy atom. The quantitative estimate of drug-likeness (QED) is 0.0854. The minimum absolute atomic E-state index is 0.0131. The SMILES string of the molecule is CN[C@@H](C)C(=O)NC(C)C(=O)N1CCC[C@H]1C(=O)N[C@H]1c2ccccc2C[C@H]1OCCCOCCCCCOc1ccc(N2C(=S)N(c3ccc(C#N)c(C(F)(F)F)c3)C(=O)C2(C)C)cc1. The first kappa shape index (κ1) is 49.8. The maximum atomic E-state index is 13.7. The molecule has 0 bridgehead atoms. The summed E-state index contributed by atoms with van der Waals surface area (Å²) in [5.41, 5.74) is -0.291. The van der Waals surface area contributed by atoms with Gasteiger partial charge in [0.15, 0.2) is 5.11 Å². The Hall–Kier alpha value is -5.61. The predicted molar refractivity (Wildman–Crippen MR) is 246 cm³/mol. The molecule has 5 atom stereocenters. The number of fused-ring (bicyclic) bond motifs is 1. The van der Waals surface area contributed by atoms with Crippen molar-refractivity contribution in [2.24, 2.45) is 0 Å². The lowest BCUT2D eigenvalue weighted by Crippen LogP contribution is -2.55. The lowest BCUT2D eigenvalue weighted by molar-refractivity contribution is -0.141. The second-order valence-corrected chi connectivity index (χ2v) is 17.6. The molecule has 18 heteroatoms. The van der Waals surface area contributed by atoms with Crippen LogP contribution in [0.2, 0.25) is 0 Å². The predicted octanol–water partition coefficient (Wildman–Crippen LogP) is 6.35. The number of benzene rings is 3. The zero-order chi connectivity index (χ0) is 47.8. The summed E-state index contributed by atoms with van der Waals surface area (Å²) in [7, 11) is 1.67. The number of carbonyl (C=O) groups is 4. The van der Waals surface area contributed by atoms with E-state index in [0.29, 0.717) is 70.1 Å². The van der Waals surface area contributed by atoms with Crippen LogP contribution < -0.4 is 30.5 Å². The Bertz CT molecular complexity index is 2290. The molecule has 1 unspecified atom stereocenters. The number of nitrogens with one attached hydrogen (secondary N) is 3. The fraction of sp³-hybridized carbons (Fsp3) is 0.500. The number of alkyl halides is 3. The molecule has 0 aromatic heterocycles. The number of ether oxygens (including phenoxy) is 3. The van der Waals surface area contributed by atoms with Crippen molar-refractivity contribution >= 4 is 52.3 Å². The molecule has 14 nitrogen and oxygen atoms in total. The van der Waals surface area contributed by atoms with Gasteiger partial charge in [-0.1, -0.05) is 24.3 Å². The number of thiocarbonyl (C=S) groups is 1. The fourth-order valence-corrected chi connectivity index (χ4v) is 9.06. The van der Waals surface area contributed by atoms with E-state index >= 15 is 0 Å². The number of halogens is 3. The minimum Gasteiger partial charge on any atom is -0.494 e. The molecule has 3 N–H and O–H groups in total. The Labute approximate surface area is 389 Å². The van der Waals surface area contributed by atoms with Crippen LogP contribution in [0, 0.1) is 11.3 Å². The van der Waals surface area contributed by atoms with Crippen LogP contribution in [0.5, 0.6) is 5.75 Å². The molecule has 66 heavy (non-hydrogen) atoms. The molecule has 3 aliphatic rings. The lowest BCUT2D eigenvalue weighted by atomic mass is 10.0. The van der Waals surface area contributed by atoms with Gasteiger partial charge < -0.3 is 40.0 Å². The van der Waals surface area contributed by atoms with E-state index in [2.05, 4.69) is 16.0 Å². The molecular weight excluding hydrogens is 876 g/mol. The molecule has 2 heterocycles. The summed E-state index contributed by atoms with van der Waals surface area (Å²) in [4.78, 5) is 57.2. The third-order valence-electron chi connectivity index (χ3n) is 12.3. The number of carbonyl (C=O) groups excluding carboxylic acids is 4. The number of hydrogen-bond acceptors (Lipinski definition) is 10. The molecule has 354 valence electrons. The van der Waals surface area contributed by atoms with Gasteiger partial charge in [0.2, 0.25) is 17.7 Å². The molecule has 3 aromatic carbocycles. The summed E-state index contributed by atoms with van der Waals surface area (Å²) in [6.07, 6.45) is 0.000466. The summed E-state index contributed by atoms with van der Waals surface area (Å²) in [5, 5.41) is 18.0. The molecule has 6 rings (SSSR count). The van der Waals surface area contributed by atoms with E-state index in [0.717, 1.165) is 47.4 Å². The van der Waals surface area contributed by atoms with Crippen molar-refractivity contribution in [2.45, 2.75) is 115 Å². The van der Waals surface area contributed by atoms with Gasteiger partial charge in [-0.15, -0.1) is 0 Å².